The number of rotatable bonds is 7. The van der Waals surface area contributed by atoms with Crippen LogP contribution in [-0.4, -0.2) is 46.7 Å². The molecule has 0 fully saturated rings. The number of methoxy groups -OCH3 is 2. The largest absolute Gasteiger partial charge is 0.493 e. The predicted molar refractivity (Wildman–Crippen MR) is 105 cm³/mol. The number of carbonyl (C=O) groups is 1. The van der Waals surface area contributed by atoms with Gasteiger partial charge in [0, 0.05) is 19.2 Å². The Labute approximate surface area is 160 Å². The molecule has 146 valence electrons. The van der Waals surface area contributed by atoms with Crippen LogP contribution in [0.5, 0.6) is 11.5 Å². The van der Waals surface area contributed by atoms with Crippen molar-refractivity contribution in [1.29, 1.82) is 0 Å². The van der Waals surface area contributed by atoms with Crippen LogP contribution in [0, 0.1) is 6.92 Å². The Bertz CT molecular complexity index is 941. The third-order valence-corrected chi connectivity index (χ3v) is 4.58. The van der Waals surface area contributed by atoms with Crippen LogP contribution in [0.1, 0.15) is 21.5 Å². The summed E-state index contributed by atoms with van der Waals surface area (Å²) in [6, 6.07) is 10.4. The van der Waals surface area contributed by atoms with Crippen LogP contribution in [-0.2, 0) is 16.6 Å². The Balaban J connectivity index is 2.21. The molecule has 1 amide bonds. The van der Waals surface area contributed by atoms with Crippen LogP contribution in [0.3, 0.4) is 0 Å². The number of carbonyl (C=O) groups excluding carboxylic acids is 1. The van der Waals surface area contributed by atoms with E-state index >= 15 is 0 Å². The zero-order valence-electron chi connectivity index (χ0n) is 16.1. The summed E-state index contributed by atoms with van der Waals surface area (Å²) in [7, 11) is 1.37. The van der Waals surface area contributed by atoms with Crippen LogP contribution in [0.4, 0.5) is 5.69 Å². The Morgan fingerprint density at radius 3 is 2.33 bits per heavy atom. The second kappa shape index (κ2) is 8.30. The number of sulfonamides is 1. The van der Waals surface area contributed by atoms with Gasteiger partial charge in [0.15, 0.2) is 11.5 Å². The molecule has 0 atom stereocenters. The highest BCUT2D eigenvalue weighted by Crippen LogP contribution is 2.28. The van der Waals surface area contributed by atoms with Crippen LogP contribution < -0.4 is 14.2 Å². The molecule has 0 spiro atoms. The highest BCUT2D eigenvalue weighted by Gasteiger charge is 2.16. The Hall–Kier alpha value is -2.74. The van der Waals surface area contributed by atoms with Gasteiger partial charge >= 0.3 is 0 Å². The maximum absolute atomic E-state index is 12.7. The van der Waals surface area contributed by atoms with Crippen molar-refractivity contribution < 1.29 is 22.7 Å². The normalized spacial score (nSPS) is 11.0. The first kappa shape index (κ1) is 20.6. The molecule has 0 saturated heterocycles. The maximum atomic E-state index is 12.7. The molecule has 7 nitrogen and oxygen atoms in total. The smallest absolute Gasteiger partial charge is 0.253 e. The van der Waals surface area contributed by atoms with E-state index in [0.29, 0.717) is 29.3 Å². The van der Waals surface area contributed by atoms with Crippen LogP contribution in [0.25, 0.3) is 0 Å². The van der Waals surface area contributed by atoms with E-state index in [9.17, 15) is 13.2 Å². The summed E-state index contributed by atoms with van der Waals surface area (Å²) in [5, 5.41) is 0. The SMILES string of the molecule is COc1ccc(CN(C)C(=O)c2ccc(C)c(NS(C)(=O)=O)c2)cc1OC. The number of nitrogens with one attached hydrogen (secondary N) is 1. The molecule has 2 rings (SSSR count). The summed E-state index contributed by atoms with van der Waals surface area (Å²) in [5.41, 5.74) is 2.40. The number of hydrogen-bond acceptors (Lipinski definition) is 5. The first-order valence-electron chi connectivity index (χ1n) is 8.19. The molecular weight excluding hydrogens is 368 g/mol. The van der Waals surface area contributed by atoms with Gasteiger partial charge in [0.05, 0.1) is 26.2 Å². The molecule has 2 aromatic rings. The highest BCUT2D eigenvalue weighted by molar-refractivity contribution is 7.92. The first-order chi connectivity index (χ1) is 12.6. The fourth-order valence-electron chi connectivity index (χ4n) is 2.61. The lowest BCUT2D eigenvalue weighted by atomic mass is 10.1. The number of nitrogens with zero attached hydrogens (tertiary/aromatic N) is 1. The Kier molecular flexibility index (Phi) is 6.32. The van der Waals surface area contributed by atoms with Gasteiger partial charge < -0.3 is 14.4 Å². The molecule has 0 aliphatic carbocycles. The van der Waals surface area contributed by atoms with Crippen molar-refractivity contribution in [3.63, 3.8) is 0 Å². The van der Waals surface area contributed by atoms with E-state index < -0.39 is 10.0 Å². The molecule has 8 heteroatoms. The summed E-state index contributed by atoms with van der Waals surface area (Å²) in [6.07, 6.45) is 1.07. The molecule has 0 aromatic heterocycles. The van der Waals surface area contributed by atoms with E-state index in [0.717, 1.165) is 17.4 Å². The van der Waals surface area contributed by atoms with Crippen molar-refractivity contribution in [3.8, 4) is 11.5 Å². The van der Waals surface area contributed by atoms with Gasteiger partial charge in [0.2, 0.25) is 10.0 Å². The minimum Gasteiger partial charge on any atom is -0.493 e. The zero-order valence-corrected chi connectivity index (χ0v) is 16.9. The lowest BCUT2D eigenvalue weighted by molar-refractivity contribution is 0.0785. The molecule has 0 heterocycles. The van der Waals surface area contributed by atoms with E-state index in [4.69, 9.17) is 9.47 Å². The number of anilines is 1. The zero-order chi connectivity index (χ0) is 20.2. The topological polar surface area (TPSA) is 84.9 Å². The standard InChI is InChI=1S/C19H24N2O5S/c1-13-6-8-15(11-16(13)20-27(5,23)24)19(22)21(2)12-14-7-9-17(25-3)18(10-14)26-4/h6-11,20H,12H2,1-5H3. The third-order valence-electron chi connectivity index (χ3n) is 3.99. The van der Waals surface area contributed by atoms with E-state index in [1.54, 1.807) is 57.4 Å². The van der Waals surface area contributed by atoms with Gasteiger partial charge in [-0.1, -0.05) is 12.1 Å². The fourth-order valence-corrected chi connectivity index (χ4v) is 3.23. The van der Waals surface area contributed by atoms with E-state index in [1.165, 1.54) is 0 Å². The molecule has 0 bridgehead atoms. The van der Waals surface area contributed by atoms with Crippen LogP contribution in [0.2, 0.25) is 0 Å². The molecule has 1 N–H and O–H groups in total. The van der Waals surface area contributed by atoms with E-state index in [2.05, 4.69) is 4.72 Å². The van der Waals surface area contributed by atoms with Crippen molar-refractivity contribution in [2.75, 3.05) is 32.2 Å². The number of benzene rings is 2. The average Bonchev–Trinajstić information content (AvgIpc) is 2.61. The molecule has 0 aliphatic heterocycles. The van der Waals surface area contributed by atoms with Gasteiger partial charge in [-0.2, -0.15) is 0 Å². The van der Waals surface area contributed by atoms with E-state index in [-0.39, 0.29) is 5.91 Å². The number of aryl methyl sites for hydroxylation is 1. The summed E-state index contributed by atoms with van der Waals surface area (Å²) in [5.74, 6) is 0.984. The van der Waals surface area contributed by atoms with Gasteiger partial charge in [-0.15, -0.1) is 0 Å². The van der Waals surface area contributed by atoms with Gasteiger partial charge in [0.25, 0.3) is 5.91 Å². The van der Waals surface area contributed by atoms with Crippen LogP contribution in [0.15, 0.2) is 36.4 Å². The van der Waals surface area contributed by atoms with Gasteiger partial charge in [0.1, 0.15) is 0 Å². The second-order valence-electron chi connectivity index (χ2n) is 6.25. The summed E-state index contributed by atoms with van der Waals surface area (Å²) >= 11 is 0. The molecule has 0 saturated carbocycles. The van der Waals surface area contributed by atoms with Crippen molar-refractivity contribution in [1.82, 2.24) is 4.90 Å². The van der Waals surface area contributed by atoms with Gasteiger partial charge in [-0.3, -0.25) is 9.52 Å². The Morgan fingerprint density at radius 1 is 1.07 bits per heavy atom. The molecule has 0 unspecified atom stereocenters. The van der Waals surface area contributed by atoms with Crippen molar-refractivity contribution in [2.45, 2.75) is 13.5 Å². The molecule has 0 radical (unpaired) electrons. The summed E-state index contributed by atoms with van der Waals surface area (Å²) in [4.78, 5) is 14.3. The minimum atomic E-state index is -3.43. The summed E-state index contributed by atoms with van der Waals surface area (Å²) < 4.78 is 35.9. The van der Waals surface area contributed by atoms with E-state index in [1.807, 2.05) is 12.1 Å². The average molecular weight is 392 g/mol. The molecule has 27 heavy (non-hydrogen) atoms. The first-order valence-corrected chi connectivity index (χ1v) is 10.1. The highest BCUT2D eigenvalue weighted by atomic mass is 32.2. The second-order valence-corrected chi connectivity index (χ2v) is 8.00. The molecular formula is C19H24N2O5S. The lowest BCUT2D eigenvalue weighted by Gasteiger charge is -2.19. The molecule has 2 aromatic carbocycles. The van der Waals surface area contributed by atoms with Crippen molar-refractivity contribution in [3.05, 3.63) is 53.1 Å². The van der Waals surface area contributed by atoms with Gasteiger partial charge in [-0.05, 0) is 42.3 Å². The number of ether oxygens (including phenoxy) is 2. The number of amides is 1. The quantitative estimate of drug-likeness (QED) is 0.783. The molecule has 0 aliphatic rings. The third kappa shape index (κ3) is 5.37. The summed E-state index contributed by atoms with van der Waals surface area (Å²) in [6.45, 7) is 2.14. The van der Waals surface area contributed by atoms with Crippen LogP contribution >= 0.6 is 0 Å². The predicted octanol–water partition coefficient (Wildman–Crippen LogP) is 2.66. The number of hydrogen-bond donors (Lipinski definition) is 1. The monoisotopic (exact) mass is 392 g/mol. The maximum Gasteiger partial charge on any atom is 0.253 e. The minimum absolute atomic E-state index is 0.221. The Morgan fingerprint density at radius 2 is 1.74 bits per heavy atom. The lowest BCUT2D eigenvalue weighted by Crippen LogP contribution is -2.26. The van der Waals surface area contributed by atoms with Crippen molar-refractivity contribution >= 4 is 21.6 Å². The van der Waals surface area contributed by atoms with Gasteiger partial charge in [-0.25, -0.2) is 8.42 Å². The van der Waals surface area contributed by atoms with Crippen molar-refractivity contribution in [2.24, 2.45) is 0 Å². The fraction of sp³-hybridized carbons (Fsp3) is 0.316.